The Morgan fingerprint density at radius 1 is 1.30 bits per heavy atom. The number of alkyl carbamates (subject to hydrolysis) is 1. The lowest BCUT2D eigenvalue weighted by Crippen LogP contribution is -2.55. The number of Topliss-reactive ketones (excluding diaryl/α,β-unsaturated/α-hetero) is 1. The Morgan fingerprint density at radius 3 is 2.55 bits per heavy atom. The highest BCUT2D eigenvalue weighted by Gasteiger charge is 2.41. The molecule has 0 aromatic carbocycles. The van der Waals surface area contributed by atoms with Crippen LogP contribution in [-0.4, -0.2) is 56.3 Å². The van der Waals surface area contributed by atoms with Gasteiger partial charge in [0.1, 0.15) is 23.4 Å². The number of nitrogens with one attached hydrogen (secondary N) is 1. The minimum atomic E-state index is -4.59. The van der Waals surface area contributed by atoms with Gasteiger partial charge in [0.2, 0.25) is 0 Å². The molecule has 0 radical (unpaired) electrons. The molecule has 1 unspecified atom stereocenters. The number of hydrogen-bond acceptors (Lipinski definition) is 7. The van der Waals surface area contributed by atoms with E-state index < -0.39 is 41.6 Å². The highest BCUT2D eigenvalue weighted by atomic mass is 32.2. The molecule has 1 saturated heterocycles. The number of amides is 1. The number of hydrogen-bond donors (Lipinski definition) is 2. The molecule has 33 heavy (non-hydrogen) atoms. The first-order valence-corrected chi connectivity index (χ1v) is 10.8. The molecule has 1 aromatic rings. The van der Waals surface area contributed by atoms with Gasteiger partial charge in [-0.1, -0.05) is 6.07 Å². The van der Waals surface area contributed by atoms with Crippen molar-refractivity contribution in [1.29, 1.82) is 0 Å². The maximum atomic E-state index is 13.2. The molecular weight excluding hydrogens is 463 g/mol. The molecule has 2 aliphatic heterocycles. The van der Waals surface area contributed by atoms with Crippen LogP contribution in [0.5, 0.6) is 0 Å². The number of carbonyl (C=O) groups excluding carboxylic acids is 2. The van der Waals surface area contributed by atoms with Crippen molar-refractivity contribution in [2.45, 2.75) is 51.2 Å². The second kappa shape index (κ2) is 9.08. The lowest BCUT2D eigenvalue weighted by Gasteiger charge is -2.39. The number of nitrogens with zero attached hydrogens (tertiary/aromatic N) is 2. The molecule has 3 rings (SSSR count). The topological polar surface area (TPSA) is 109 Å². The molecular formula is C21H22F3N3O5S. The number of aromatic nitrogens is 1. The van der Waals surface area contributed by atoms with Crippen LogP contribution >= 0.6 is 11.8 Å². The lowest BCUT2D eigenvalue weighted by atomic mass is 9.98. The standard InChI is InChI=1S/C21H22F3N3O5S/c1-20(2,3)32-19(31)26-13-10-33-14-6-12(18(29)30)9-27(16(14)17(13)28)8-11-4-5-15(25-7-11)21(22,23)24/h4-7,9,13,16H,8,10H2,1-3H3,(H,26,31)(H,29,30)/t13-,16?/m0/s1. The zero-order chi connectivity index (χ0) is 24.6. The minimum Gasteiger partial charge on any atom is -0.478 e. The number of pyridine rings is 1. The average Bonchev–Trinajstić information content (AvgIpc) is 2.68. The number of thioether (sulfide) groups is 1. The molecule has 178 valence electrons. The first-order chi connectivity index (χ1) is 15.2. The number of carboxylic acid groups (broad SMARTS) is 1. The van der Waals surface area contributed by atoms with E-state index in [1.54, 1.807) is 20.8 Å². The quantitative estimate of drug-likeness (QED) is 0.669. The van der Waals surface area contributed by atoms with Crippen molar-refractivity contribution in [3.05, 3.63) is 52.3 Å². The molecule has 0 saturated carbocycles. The van der Waals surface area contributed by atoms with Crippen molar-refractivity contribution < 1.29 is 37.4 Å². The van der Waals surface area contributed by atoms with E-state index in [-0.39, 0.29) is 23.7 Å². The van der Waals surface area contributed by atoms with Crippen molar-refractivity contribution in [2.24, 2.45) is 0 Å². The Morgan fingerprint density at radius 2 is 2.00 bits per heavy atom. The van der Waals surface area contributed by atoms with Gasteiger partial charge in [0.25, 0.3) is 0 Å². The molecule has 1 aromatic heterocycles. The summed E-state index contributed by atoms with van der Waals surface area (Å²) in [7, 11) is 0. The highest BCUT2D eigenvalue weighted by Crippen LogP contribution is 2.36. The summed E-state index contributed by atoms with van der Waals surface area (Å²) in [6.45, 7) is 4.99. The molecule has 2 atom stereocenters. The largest absolute Gasteiger partial charge is 0.478 e. The highest BCUT2D eigenvalue weighted by molar-refractivity contribution is 8.03. The molecule has 3 heterocycles. The number of ketones is 1. The van der Waals surface area contributed by atoms with Crippen LogP contribution < -0.4 is 5.32 Å². The predicted molar refractivity (Wildman–Crippen MR) is 113 cm³/mol. The number of alkyl halides is 3. The molecule has 1 amide bonds. The van der Waals surface area contributed by atoms with Crippen molar-refractivity contribution >= 4 is 29.6 Å². The van der Waals surface area contributed by atoms with Crippen LogP contribution in [-0.2, 0) is 27.0 Å². The third-order valence-electron chi connectivity index (χ3n) is 4.65. The third-order valence-corrected chi connectivity index (χ3v) is 5.83. The van der Waals surface area contributed by atoms with Gasteiger partial charge in [0.15, 0.2) is 5.78 Å². The normalized spacial score (nSPS) is 21.0. The lowest BCUT2D eigenvalue weighted by molar-refractivity contribution is -0.141. The van der Waals surface area contributed by atoms with E-state index in [1.807, 2.05) is 0 Å². The summed E-state index contributed by atoms with van der Waals surface area (Å²) < 4.78 is 43.6. The summed E-state index contributed by atoms with van der Waals surface area (Å²) in [6, 6.07) is 0.246. The predicted octanol–water partition coefficient (Wildman–Crippen LogP) is 3.35. The summed E-state index contributed by atoms with van der Waals surface area (Å²) in [5.74, 6) is -1.41. The van der Waals surface area contributed by atoms with Gasteiger partial charge in [-0.15, -0.1) is 11.8 Å². The maximum Gasteiger partial charge on any atom is 0.433 e. The minimum absolute atomic E-state index is 0.0601. The average molecular weight is 485 g/mol. The molecule has 0 aliphatic carbocycles. The van der Waals surface area contributed by atoms with Gasteiger partial charge in [-0.3, -0.25) is 9.78 Å². The van der Waals surface area contributed by atoms with Gasteiger partial charge in [-0.25, -0.2) is 9.59 Å². The number of carbonyl (C=O) groups is 3. The van der Waals surface area contributed by atoms with E-state index in [1.165, 1.54) is 35.0 Å². The van der Waals surface area contributed by atoms with Gasteiger partial charge in [-0.2, -0.15) is 13.2 Å². The van der Waals surface area contributed by atoms with Crippen LogP contribution in [0.1, 0.15) is 32.0 Å². The summed E-state index contributed by atoms with van der Waals surface area (Å²) in [5, 5.41) is 12.0. The Labute approximate surface area is 191 Å². The Bertz CT molecular complexity index is 1020. The van der Waals surface area contributed by atoms with Crippen LogP contribution in [0, 0.1) is 0 Å². The van der Waals surface area contributed by atoms with Crippen molar-refractivity contribution in [2.75, 3.05) is 5.75 Å². The Hall–Kier alpha value is -3.02. The van der Waals surface area contributed by atoms with E-state index in [0.29, 0.717) is 10.5 Å². The van der Waals surface area contributed by atoms with E-state index in [2.05, 4.69) is 10.3 Å². The molecule has 2 aliphatic rings. The number of halogens is 3. The summed E-state index contributed by atoms with van der Waals surface area (Å²) >= 11 is 1.22. The molecule has 0 spiro atoms. The molecule has 0 bridgehead atoms. The monoisotopic (exact) mass is 485 g/mol. The Kier molecular flexibility index (Phi) is 6.78. The fraction of sp³-hybridized carbons (Fsp3) is 0.429. The van der Waals surface area contributed by atoms with E-state index in [0.717, 1.165) is 12.3 Å². The van der Waals surface area contributed by atoms with E-state index in [4.69, 9.17) is 4.74 Å². The molecule has 12 heteroatoms. The number of aliphatic carboxylic acids is 1. The molecule has 8 nitrogen and oxygen atoms in total. The first kappa shape index (κ1) is 24.6. The molecule has 2 N–H and O–H groups in total. The van der Waals surface area contributed by atoms with Crippen LogP contribution in [0.25, 0.3) is 0 Å². The SMILES string of the molecule is CC(C)(C)OC(=O)N[C@H]1CSC2=CC(C(=O)O)=CN(Cc3ccc(C(F)(F)F)nc3)C2C1=O. The van der Waals surface area contributed by atoms with Crippen LogP contribution in [0.4, 0.5) is 18.0 Å². The van der Waals surface area contributed by atoms with Gasteiger partial charge in [-0.05, 0) is 38.5 Å². The zero-order valence-electron chi connectivity index (χ0n) is 18.0. The van der Waals surface area contributed by atoms with Crippen LogP contribution in [0.3, 0.4) is 0 Å². The number of ether oxygens (including phenoxy) is 1. The summed E-state index contributed by atoms with van der Waals surface area (Å²) in [6.07, 6.45) is -1.66. The molecule has 1 fully saturated rings. The third kappa shape index (κ3) is 6.06. The fourth-order valence-electron chi connectivity index (χ4n) is 3.28. The summed E-state index contributed by atoms with van der Waals surface area (Å²) in [4.78, 5) is 42.2. The van der Waals surface area contributed by atoms with Crippen molar-refractivity contribution in [3.63, 3.8) is 0 Å². The van der Waals surface area contributed by atoms with Crippen molar-refractivity contribution in [3.8, 4) is 0 Å². The number of carboxylic acids is 1. The van der Waals surface area contributed by atoms with Gasteiger partial charge in [0.05, 0.1) is 5.57 Å². The van der Waals surface area contributed by atoms with Gasteiger partial charge < -0.3 is 20.1 Å². The van der Waals surface area contributed by atoms with E-state index in [9.17, 15) is 32.7 Å². The smallest absolute Gasteiger partial charge is 0.433 e. The summed E-state index contributed by atoms with van der Waals surface area (Å²) in [5.41, 5.74) is -1.53. The Balaban J connectivity index is 1.83. The van der Waals surface area contributed by atoms with Crippen molar-refractivity contribution in [1.82, 2.24) is 15.2 Å². The van der Waals surface area contributed by atoms with Crippen LogP contribution in [0.2, 0.25) is 0 Å². The van der Waals surface area contributed by atoms with Gasteiger partial charge in [0, 0.05) is 29.6 Å². The van der Waals surface area contributed by atoms with Crippen LogP contribution in [0.15, 0.2) is 41.1 Å². The van der Waals surface area contributed by atoms with E-state index >= 15 is 0 Å². The maximum absolute atomic E-state index is 13.2. The number of fused-ring (bicyclic) bond motifs is 1. The fourth-order valence-corrected chi connectivity index (χ4v) is 4.50. The second-order valence-corrected chi connectivity index (χ2v) is 9.57. The number of rotatable bonds is 4. The zero-order valence-corrected chi connectivity index (χ0v) is 18.8. The first-order valence-electron chi connectivity index (χ1n) is 9.85. The second-order valence-electron chi connectivity index (χ2n) is 8.47. The van der Waals surface area contributed by atoms with Gasteiger partial charge >= 0.3 is 18.2 Å².